The molecule has 0 radical (unpaired) electrons. The van der Waals surface area contributed by atoms with E-state index in [0.29, 0.717) is 4.70 Å². The van der Waals surface area contributed by atoms with E-state index in [4.69, 9.17) is 9.72 Å². The van der Waals surface area contributed by atoms with Crippen LogP contribution in [0.5, 0.6) is 0 Å². The summed E-state index contributed by atoms with van der Waals surface area (Å²) in [5.41, 5.74) is 3.44. The first-order valence-corrected chi connectivity index (χ1v) is 8.79. The van der Waals surface area contributed by atoms with Gasteiger partial charge in [-0.2, -0.15) is 0 Å². The standard InChI is InChI=1S/C16H16N4O2S/c21-15-13-12(17-8-18-15)11-9-2-1-3-10(9)14(19-16(11)23-13)20-4-6-22-7-5-20/h8H,1-7H2,(H,17,18,21). The molecule has 118 valence electrons. The van der Waals surface area contributed by atoms with Crippen LogP contribution in [0, 0.1) is 0 Å². The van der Waals surface area contributed by atoms with Crippen LogP contribution in [0.25, 0.3) is 20.4 Å². The van der Waals surface area contributed by atoms with Gasteiger partial charge in [-0.25, -0.2) is 9.97 Å². The fraction of sp³-hybridized carbons (Fsp3) is 0.438. The molecule has 1 N–H and O–H groups in total. The van der Waals surface area contributed by atoms with Gasteiger partial charge in [0.05, 0.1) is 25.1 Å². The van der Waals surface area contributed by atoms with Gasteiger partial charge in [0.2, 0.25) is 0 Å². The number of hydrogen-bond donors (Lipinski definition) is 1. The van der Waals surface area contributed by atoms with Crippen LogP contribution in [0.3, 0.4) is 0 Å². The van der Waals surface area contributed by atoms with E-state index in [-0.39, 0.29) is 5.56 Å². The van der Waals surface area contributed by atoms with Gasteiger partial charge in [0.15, 0.2) is 0 Å². The van der Waals surface area contributed by atoms with Crippen LogP contribution >= 0.6 is 11.3 Å². The molecule has 1 aliphatic heterocycles. The maximum absolute atomic E-state index is 12.1. The van der Waals surface area contributed by atoms with Crippen molar-refractivity contribution in [3.05, 3.63) is 27.8 Å². The number of aromatic nitrogens is 3. The number of nitrogens with one attached hydrogen (secondary N) is 1. The van der Waals surface area contributed by atoms with Gasteiger partial charge in [-0.3, -0.25) is 4.79 Å². The minimum atomic E-state index is -0.0716. The van der Waals surface area contributed by atoms with Crippen molar-refractivity contribution in [1.29, 1.82) is 0 Å². The van der Waals surface area contributed by atoms with Gasteiger partial charge in [0, 0.05) is 18.5 Å². The molecule has 3 aromatic rings. The van der Waals surface area contributed by atoms with Gasteiger partial charge < -0.3 is 14.6 Å². The number of fused-ring (bicyclic) bond motifs is 5. The van der Waals surface area contributed by atoms with E-state index in [1.807, 2.05) is 0 Å². The normalized spacial score (nSPS) is 18.0. The first-order chi connectivity index (χ1) is 11.3. The maximum Gasteiger partial charge on any atom is 0.268 e. The van der Waals surface area contributed by atoms with E-state index >= 15 is 0 Å². The molecule has 2 aliphatic rings. The molecule has 23 heavy (non-hydrogen) atoms. The van der Waals surface area contributed by atoms with E-state index in [1.165, 1.54) is 28.8 Å². The molecule has 0 atom stereocenters. The molecule has 0 aromatic carbocycles. The van der Waals surface area contributed by atoms with E-state index in [0.717, 1.165) is 67.1 Å². The highest BCUT2D eigenvalue weighted by atomic mass is 32.1. The lowest BCUT2D eigenvalue weighted by Gasteiger charge is -2.29. The third kappa shape index (κ3) is 1.93. The van der Waals surface area contributed by atoms with E-state index in [1.54, 1.807) is 0 Å². The van der Waals surface area contributed by atoms with E-state index in [2.05, 4.69) is 14.9 Å². The first kappa shape index (κ1) is 13.4. The summed E-state index contributed by atoms with van der Waals surface area (Å²) in [6.07, 6.45) is 4.75. The van der Waals surface area contributed by atoms with Crippen molar-refractivity contribution in [2.24, 2.45) is 0 Å². The molecule has 6 nitrogen and oxygen atoms in total. The zero-order chi connectivity index (χ0) is 15.4. The Bertz CT molecular complexity index is 972. The molecule has 0 saturated carbocycles. The highest BCUT2D eigenvalue weighted by molar-refractivity contribution is 7.25. The maximum atomic E-state index is 12.1. The number of aryl methyl sites for hydroxylation is 1. The first-order valence-electron chi connectivity index (χ1n) is 7.97. The van der Waals surface area contributed by atoms with Crippen molar-refractivity contribution >= 4 is 37.6 Å². The molecule has 7 heteroatoms. The zero-order valence-corrected chi connectivity index (χ0v) is 13.4. The van der Waals surface area contributed by atoms with Gasteiger partial charge in [-0.15, -0.1) is 11.3 Å². The largest absolute Gasteiger partial charge is 0.378 e. The Morgan fingerprint density at radius 3 is 2.91 bits per heavy atom. The molecule has 1 fully saturated rings. The molecule has 5 rings (SSSR count). The fourth-order valence-electron chi connectivity index (χ4n) is 3.73. The zero-order valence-electron chi connectivity index (χ0n) is 12.6. The van der Waals surface area contributed by atoms with Crippen molar-refractivity contribution < 1.29 is 4.74 Å². The molecule has 0 spiro atoms. The van der Waals surface area contributed by atoms with Crippen LogP contribution in [0.2, 0.25) is 0 Å². The molecule has 4 heterocycles. The van der Waals surface area contributed by atoms with Crippen molar-refractivity contribution in [3.63, 3.8) is 0 Å². The Hall–Kier alpha value is -1.99. The SMILES string of the molecule is O=c1[nH]cnc2c1sc1nc(N3CCOCC3)c3c(c12)CCC3. The van der Waals surface area contributed by atoms with Crippen LogP contribution in [0.4, 0.5) is 5.82 Å². The average Bonchev–Trinajstić information content (AvgIpc) is 3.19. The Balaban J connectivity index is 1.83. The predicted molar refractivity (Wildman–Crippen MR) is 90.6 cm³/mol. The summed E-state index contributed by atoms with van der Waals surface area (Å²) in [5, 5.41) is 1.10. The Labute approximate surface area is 136 Å². The summed E-state index contributed by atoms with van der Waals surface area (Å²) in [5.74, 6) is 1.09. The third-order valence-corrected chi connectivity index (χ3v) is 5.84. The number of anilines is 1. The highest BCUT2D eigenvalue weighted by Crippen LogP contribution is 2.40. The monoisotopic (exact) mass is 328 g/mol. The quantitative estimate of drug-likeness (QED) is 0.738. The third-order valence-electron chi connectivity index (χ3n) is 4.77. The average molecular weight is 328 g/mol. The Morgan fingerprint density at radius 2 is 2.04 bits per heavy atom. The predicted octanol–water partition coefficient (Wildman–Crippen LogP) is 1.86. The number of thiophene rings is 1. The minimum absolute atomic E-state index is 0.0716. The van der Waals surface area contributed by atoms with Gasteiger partial charge in [0.25, 0.3) is 5.56 Å². The Kier molecular flexibility index (Phi) is 2.93. The number of H-pyrrole nitrogens is 1. The molecule has 1 saturated heterocycles. The van der Waals surface area contributed by atoms with Gasteiger partial charge in [-0.05, 0) is 30.4 Å². The topological polar surface area (TPSA) is 71.1 Å². The summed E-state index contributed by atoms with van der Waals surface area (Å²) < 4.78 is 6.15. The van der Waals surface area contributed by atoms with Crippen molar-refractivity contribution in [2.45, 2.75) is 19.3 Å². The second-order valence-electron chi connectivity index (χ2n) is 6.04. The van der Waals surface area contributed by atoms with Crippen LogP contribution in [-0.4, -0.2) is 41.3 Å². The number of rotatable bonds is 1. The van der Waals surface area contributed by atoms with E-state index in [9.17, 15) is 4.79 Å². The van der Waals surface area contributed by atoms with Crippen molar-refractivity contribution in [3.8, 4) is 0 Å². The van der Waals surface area contributed by atoms with Crippen molar-refractivity contribution in [2.75, 3.05) is 31.2 Å². The summed E-state index contributed by atoms with van der Waals surface area (Å²) in [4.78, 5) is 27.4. The number of aromatic amines is 1. The van der Waals surface area contributed by atoms with Crippen LogP contribution in [-0.2, 0) is 17.6 Å². The molecule has 0 unspecified atom stereocenters. The van der Waals surface area contributed by atoms with Gasteiger partial charge in [-0.1, -0.05) is 0 Å². The Morgan fingerprint density at radius 1 is 1.22 bits per heavy atom. The number of morpholine rings is 1. The second-order valence-corrected chi connectivity index (χ2v) is 7.04. The van der Waals surface area contributed by atoms with Crippen LogP contribution < -0.4 is 10.5 Å². The number of pyridine rings is 1. The summed E-state index contributed by atoms with van der Waals surface area (Å²) >= 11 is 1.46. The summed E-state index contributed by atoms with van der Waals surface area (Å²) in [6, 6.07) is 0. The van der Waals surface area contributed by atoms with Crippen LogP contribution in [0.15, 0.2) is 11.1 Å². The smallest absolute Gasteiger partial charge is 0.268 e. The second kappa shape index (κ2) is 5.01. The molecule has 3 aromatic heterocycles. The molecule has 0 amide bonds. The minimum Gasteiger partial charge on any atom is -0.378 e. The van der Waals surface area contributed by atoms with Gasteiger partial charge >= 0.3 is 0 Å². The lowest BCUT2D eigenvalue weighted by molar-refractivity contribution is 0.122. The summed E-state index contributed by atoms with van der Waals surface area (Å²) in [6.45, 7) is 3.27. The number of ether oxygens (including phenoxy) is 1. The van der Waals surface area contributed by atoms with Crippen molar-refractivity contribution in [1.82, 2.24) is 15.0 Å². The van der Waals surface area contributed by atoms with Gasteiger partial charge in [0.1, 0.15) is 15.3 Å². The molecular weight excluding hydrogens is 312 g/mol. The molecule has 0 bridgehead atoms. The molecular formula is C16H16N4O2S. The van der Waals surface area contributed by atoms with Crippen LogP contribution in [0.1, 0.15) is 17.5 Å². The molecule has 1 aliphatic carbocycles. The number of nitrogens with zero attached hydrogens (tertiary/aromatic N) is 3. The summed E-state index contributed by atoms with van der Waals surface area (Å²) in [7, 11) is 0. The number of hydrogen-bond acceptors (Lipinski definition) is 6. The fourth-order valence-corrected chi connectivity index (χ4v) is 4.78. The lowest BCUT2D eigenvalue weighted by Crippen LogP contribution is -2.37. The highest BCUT2D eigenvalue weighted by Gasteiger charge is 2.27. The van der Waals surface area contributed by atoms with E-state index < -0.39 is 0 Å². The lowest BCUT2D eigenvalue weighted by atomic mass is 10.1.